The number of aliphatic carboxylic acids is 1. The molecule has 1 aromatic heterocycles. The number of rotatable bonds is 5. The van der Waals surface area contributed by atoms with Crippen molar-refractivity contribution in [2.24, 2.45) is 0 Å². The van der Waals surface area contributed by atoms with E-state index < -0.39 is 12.1 Å². The fraction of sp³-hybridized carbons (Fsp3) is 0.320. The molecule has 2 heterocycles. The number of carboxylic acids is 1. The molecule has 1 amide bonds. The highest BCUT2D eigenvalue weighted by molar-refractivity contribution is 5.73. The van der Waals surface area contributed by atoms with Crippen LogP contribution in [0.25, 0.3) is 5.69 Å². The van der Waals surface area contributed by atoms with Gasteiger partial charge in [0.05, 0.1) is 11.4 Å². The van der Waals surface area contributed by atoms with E-state index >= 15 is 0 Å². The Kier molecular flexibility index (Phi) is 9.46. The third-order valence-corrected chi connectivity index (χ3v) is 5.41. The van der Waals surface area contributed by atoms with Gasteiger partial charge in [-0.2, -0.15) is 18.3 Å². The minimum atomic E-state index is -5.08. The lowest BCUT2D eigenvalue weighted by molar-refractivity contribution is -0.192. The number of aromatic nitrogens is 2. The van der Waals surface area contributed by atoms with E-state index in [0.717, 1.165) is 43.7 Å². The second-order valence-corrected chi connectivity index (χ2v) is 8.07. The van der Waals surface area contributed by atoms with Crippen LogP contribution in [-0.2, 0) is 11.3 Å². The molecule has 192 valence electrons. The molecule has 0 saturated carbocycles. The van der Waals surface area contributed by atoms with Crippen molar-refractivity contribution in [2.75, 3.05) is 13.1 Å². The van der Waals surface area contributed by atoms with Gasteiger partial charge in [0, 0.05) is 31.9 Å². The Labute approximate surface area is 206 Å². The highest BCUT2D eigenvalue weighted by atomic mass is 19.4. The van der Waals surface area contributed by atoms with Gasteiger partial charge in [0.1, 0.15) is 5.75 Å². The Balaban J connectivity index is 0.000000454. The van der Waals surface area contributed by atoms with Gasteiger partial charge in [-0.3, -0.25) is 0 Å². The quantitative estimate of drug-likeness (QED) is 0.525. The first-order valence-electron chi connectivity index (χ1n) is 11.4. The van der Waals surface area contributed by atoms with Crippen molar-refractivity contribution >= 4 is 12.1 Å². The SMILES string of the molecule is O=C(O)C(F)(F)F.O=C(Oc1ccccc1)N1CCCC(NCc2ccn(-c3ccccc3)n2)CC1. The molecule has 4 rings (SSSR count). The van der Waals surface area contributed by atoms with E-state index in [1.54, 1.807) is 17.0 Å². The van der Waals surface area contributed by atoms with Gasteiger partial charge in [-0.15, -0.1) is 0 Å². The Morgan fingerprint density at radius 2 is 1.64 bits per heavy atom. The Morgan fingerprint density at radius 1 is 1.00 bits per heavy atom. The maximum atomic E-state index is 12.4. The number of para-hydroxylation sites is 2. The van der Waals surface area contributed by atoms with Gasteiger partial charge in [-0.25, -0.2) is 14.3 Å². The fourth-order valence-corrected chi connectivity index (χ4v) is 3.57. The Bertz CT molecular complexity index is 1110. The first kappa shape index (κ1) is 26.7. The van der Waals surface area contributed by atoms with Crippen LogP contribution < -0.4 is 10.1 Å². The average molecular weight is 505 g/mol. The van der Waals surface area contributed by atoms with Crippen molar-refractivity contribution in [3.8, 4) is 11.4 Å². The molecular weight excluding hydrogens is 477 g/mol. The van der Waals surface area contributed by atoms with Gasteiger partial charge in [-0.1, -0.05) is 36.4 Å². The molecular formula is C25H27F3N4O4. The van der Waals surface area contributed by atoms with E-state index in [4.69, 9.17) is 14.6 Å². The maximum absolute atomic E-state index is 12.4. The van der Waals surface area contributed by atoms with Crippen molar-refractivity contribution in [3.63, 3.8) is 0 Å². The second-order valence-electron chi connectivity index (χ2n) is 8.07. The summed E-state index contributed by atoms with van der Waals surface area (Å²) >= 11 is 0. The standard InChI is InChI=1S/C23H26N4O2.C2HF3O2/c28-23(29-22-11-5-2-6-12-22)26-15-7-8-19(13-16-26)24-18-20-14-17-27(25-20)21-9-3-1-4-10-21;3-2(4,5)1(6)7/h1-6,9-12,14,17,19,24H,7-8,13,15-16,18H2;(H,6,7). The van der Waals surface area contributed by atoms with E-state index in [0.29, 0.717) is 18.3 Å². The topological polar surface area (TPSA) is 96.7 Å². The number of hydrogen-bond acceptors (Lipinski definition) is 5. The lowest BCUT2D eigenvalue weighted by atomic mass is 10.1. The number of benzene rings is 2. The first-order chi connectivity index (χ1) is 17.2. The zero-order chi connectivity index (χ0) is 26.0. The lowest BCUT2D eigenvalue weighted by Gasteiger charge is -2.20. The van der Waals surface area contributed by atoms with Gasteiger partial charge in [0.15, 0.2) is 0 Å². The van der Waals surface area contributed by atoms with Crippen molar-refractivity contribution in [1.29, 1.82) is 0 Å². The summed E-state index contributed by atoms with van der Waals surface area (Å²) in [6.45, 7) is 2.15. The van der Waals surface area contributed by atoms with Gasteiger partial charge in [0.2, 0.25) is 0 Å². The zero-order valence-electron chi connectivity index (χ0n) is 19.4. The highest BCUT2D eigenvalue weighted by Gasteiger charge is 2.38. The monoisotopic (exact) mass is 504 g/mol. The molecule has 11 heteroatoms. The molecule has 2 aromatic carbocycles. The summed E-state index contributed by atoms with van der Waals surface area (Å²) in [7, 11) is 0. The number of carbonyl (C=O) groups is 2. The molecule has 0 bridgehead atoms. The summed E-state index contributed by atoms with van der Waals surface area (Å²) in [6, 6.07) is 21.7. The number of amides is 1. The number of nitrogens with one attached hydrogen (secondary N) is 1. The number of nitrogens with zero attached hydrogens (tertiary/aromatic N) is 3. The predicted octanol–water partition coefficient (Wildman–Crippen LogP) is 4.65. The van der Waals surface area contributed by atoms with Gasteiger partial charge in [0.25, 0.3) is 0 Å². The Morgan fingerprint density at radius 3 is 2.28 bits per heavy atom. The van der Waals surface area contributed by atoms with E-state index in [-0.39, 0.29) is 6.09 Å². The molecule has 1 aliphatic rings. The summed E-state index contributed by atoms with van der Waals surface area (Å²) < 4.78 is 39.1. The average Bonchev–Trinajstić information content (AvgIpc) is 3.21. The van der Waals surface area contributed by atoms with Crippen molar-refractivity contribution in [2.45, 2.75) is 38.0 Å². The van der Waals surface area contributed by atoms with Gasteiger partial charge in [-0.05, 0) is 49.6 Å². The zero-order valence-corrected chi connectivity index (χ0v) is 19.4. The summed E-state index contributed by atoms with van der Waals surface area (Å²) in [5.74, 6) is -2.17. The number of halogens is 3. The van der Waals surface area contributed by atoms with Crippen LogP contribution >= 0.6 is 0 Å². The molecule has 36 heavy (non-hydrogen) atoms. The number of carbonyl (C=O) groups excluding carboxylic acids is 1. The number of carboxylic acid groups (broad SMARTS) is 1. The van der Waals surface area contributed by atoms with Crippen molar-refractivity contribution in [3.05, 3.63) is 78.6 Å². The van der Waals surface area contributed by atoms with Crippen LogP contribution in [0.4, 0.5) is 18.0 Å². The molecule has 0 spiro atoms. The molecule has 8 nitrogen and oxygen atoms in total. The van der Waals surface area contributed by atoms with E-state index in [9.17, 15) is 18.0 Å². The smallest absolute Gasteiger partial charge is 0.475 e. The molecule has 1 atom stereocenters. The van der Waals surface area contributed by atoms with Gasteiger partial charge >= 0.3 is 18.2 Å². The number of ether oxygens (including phenoxy) is 1. The van der Waals surface area contributed by atoms with Crippen molar-refractivity contribution in [1.82, 2.24) is 20.0 Å². The van der Waals surface area contributed by atoms with E-state index in [2.05, 4.69) is 10.4 Å². The third kappa shape index (κ3) is 8.42. The Hall–Kier alpha value is -3.86. The number of likely N-dealkylation sites (tertiary alicyclic amines) is 1. The molecule has 0 aliphatic carbocycles. The van der Waals surface area contributed by atoms with E-state index in [1.165, 1.54) is 0 Å². The number of alkyl halides is 3. The number of hydrogen-bond donors (Lipinski definition) is 2. The van der Waals surface area contributed by atoms with Crippen LogP contribution in [0, 0.1) is 0 Å². The maximum Gasteiger partial charge on any atom is 0.490 e. The van der Waals surface area contributed by atoms with Crippen LogP contribution in [0.1, 0.15) is 25.0 Å². The molecule has 0 radical (unpaired) electrons. The minimum absolute atomic E-state index is 0.265. The van der Waals surface area contributed by atoms with E-state index in [1.807, 2.05) is 65.5 Å². The third-order valence-electron chi connectivity index (χ3n) is 5.41. The lowest BCUT2D eigenvalue weighted by Crippen LogP contribution is -2.35. The van der Waals surface area contributed by atoms with Crippen LogP contribution in [0.5, 0.6) is 5.75 Å². The molecule has 2 N–H and O–H groups in total. The first-order valence-corrected chi connectivity index (χ1v) is 11.4. The summed E-state index contributed by atoms with van der Waals surface area (Å²) in [4.78, 5) is 23.1. The normalized spacial score (nSPS) is 15.9. The molecule has 1 fully saturated rings. The molecule has 1 unspecified atom stereocenters. The minimum Gasteiger partial charge on any atom is -0.475 e. The van der Waals surface area contributed by atoms with Gasteiger partial charge < -0.3 is 20.1 Å². The largest absolute Gasteiger partial charge is 0.490 e. The summed E-state index contributed by atoms with van der Waals surface area (Å²) in [6.07, 6.45) is -0.461. The molecule has 1 aliphatic heterocycles. The molecule has 1 saturated heterocycles. The molecule has 3 aromatic rings. The van der Waals surface area contributed by atoms with Crippen LogP contribution in [-0.4, -0.2) is 57.2 Å². The summed E-state index contributed by atoms with van der Waals surface area (Å²) in [5, 5.41) is 15.4. The van der Waals surface area contributed by atoms with Crippen molar-refractivity contribution < 1.29 is 32.6 Å². The van der Waals surface area contributed by atoms with Crippen LogP contribution in [0.15, 0.2) is 72.9 Å². The van der Waals surface area contributed by atoms with Crippen LogP contribution in [0.2, 0.25) is 0 Å². The van der Waals surface area contributed by atoms with Crippen LogP contribution in [0.3, 0.4) is 0 Å². The second kappa shape index (κ2) is 12.7. The fourth-order valence-electron chi connectivity index (χ4n) is 3.57. The summed E-state index contributed by atoms with van der Waals surface area (Å²) in [5.41, 5.74) is 2.07. The highest BCUT2D eigenvalue weighted by Crippen LogP contribution is 2.16. The predicted molar refractivity (Wildman–Crippen MR) is 126 cm³/mol.